The molecule has 3 aromatic rings. The minimum atomic E-state index is -0.453. The van der Waals surface area contributed by atoms with Gasteiger partial charge in [0, 0.05) is 41.1 Å². The summed E-state index contributed by atoms with van der Waals surface area (Å²) < 4.78 is 15.5. The summed E-state index contributed by atoms with van der Waals surface area (Å²) >= 11 is 9.45. The first-order chi connectivity index (χ1) is 17.8. The molecule has 7 nitrogen and oxygen atoms in total. The van der Waals surface area contributed by atoms with Crippen molar-refractivity contribution in [3.8, 4) is 0 Å². The van der Waals surface area contributed by atoms with E-state index in [0.29, 0.717) is 22.5 Å². The van der Waals surface area contributed by atoms with Crippen molar-refractivity contribution < 1.29 is 9.18 Å². The minimum Gasteiger partial charge on any atom is -0.341 e. The maximum atomic E-state index is 14.6. The Bertz CT molecular complexity index is 1310. The number of piperidine rings is 1. The number of carbonyl (C=O) groups excluding carboxylic acids is 1. The van der Waals surface area contributed by atoms with Crippen LogP contribution in [0.1, 0.15) is 39.0 Å². The fourth-order valence-electron chi connectivity index (χ4n) is 5.44. The normalized spacial score (nSPS) is 20.4. The quantitative estimate of drug-likeness (QED) is 0.374. The summed E-state index contributed by atoms with van der Waals surface area (Å²) in [5.74, 6) is 0.858. The van der Waals surface area contributed by atoms with E-state index in [1.165, 1.54) is 6.07 Å². The second-order valence-corrected chi connectivity index (χ2v) is 11.2. The zero-order chi connectivity index (χ0) is 26.2. The number of amides is 1. The predicted molar refractivity (Wildman–Crippen MR) is 150 cm³/mol. The van der Waals surface area contributed by atoms with Crippen molar-refractivity contribution in [3.63, 3.8) is 0 Å². The third-order valence-corrected chi connectivity index (χ3v) is 8.43. The molecule has 10 heteroatoms. The topological polar surface area (TPSA) is 73.4 Å². The van der Waals surface area contributed by atoms with Crippen LogP contribution < -0.4 is 15.5 Å². The zero-order valence-electron chi connectivity index (χ0n) is 21.0. The van der Waals surface area contributed by atoms with E-state index >= 15 is 0 Å². The predicted octanol–water partition coefficient (Wildman–Crippen LogP) is 5.89. The largest absolute Gasteiger partial charge is 0.341 e. The van der Waals surface area contributed by atoms with E-state index in [1.54, 1.807) is 12.1 Å². The van der Waals surface area contributed by atoms with Crippen LogP contribution in [0.25, 0.3) is 10.9 Å². The SMILES string of the molecule is CCC1(C(=O)N(C)C2CCN(c3nc(Nc4ccc(Cl)cc4F)c4cc(Br)ccc4n3)CC2)CCCN1. The highest BCUT2D eigenvalue weighted by atomic mass is 79.9. The fourth-order valence-corrected chi connectivity index (χ4v) is 5.96. The minimum absolute atomic E-state index is 0.173. The molecule has 1 atom stereocenters. The maximum Gasteiger partial charge on any atom is 0.242 e. The number of fused-ring (bicyclic) bond motifs is 1. The van der Waals surface area contributed by atoms with E-state index in [-0.39, 0.29) is 11.9 Å². The van der Waals surface area contributed by atoms with Crippen LogP contribution in [0.2, 0.25) is 5.02 Å². The first kappa shape index (κ1) is 26.1. The van der Waals surface area contributed by atoms with E-state index in [4.69, 9.17) is 21.6 Å². The Morgan fingerprint density at radius 3 is 2.73 bits per heavy atom. The van der Waals surface area contributed by atoms with Crippen molar-refractivity contribution in [2.45, 2.75) is 50.6 Å². The van der Waals surface area contributed by atoms with Crippen LogP contribution in [0, 0.1) is 5.82 Å². The summed E-state index contributed by atoms with van der Waals surface area (Å²) in [6.07, 6.45) is 4.41. The summed E-state index contributed by atoms with van der Waals surface area (Å²) in [5, 5.41) is 7.71. The molecule has 2 aliphatic rings. The summed E-state index contributed by atoms with van der Waals surface area (Å²) in [4.78, 5) is 27.1. The number of nitrogens with one attached hydrogen (secondary N) is 2. The monoisotopic (exact) mass is 588 g/mol. The van der Waals surface area contributed by atoms with Crippen LogP contribution in [0.3, 0.4) is 0 Å². The van der Waals surface area contributed by atoms with Crippen molar-refractivity contribution in [1.29, 1.82) is 0 Å². The Kier molecular flexibility index (Phi) is 7.56. The Morgan fingerprint density at radius 2 is 2.05 bits per heavy atom. The van der Waals surface area contributed by atoms with Crippen molar-refractivity contribution >= 4 is 61.8 Å². The van der Waals surface area contributed by atoms with Crippen LogP contribution in [0.15, 0.2) is 40.9 Å². The average molecular weight is 590 g/mol. The maximum absolute atomic E-state index is 14.6. The standard InChI is InChI=1S/C27H31BrClFN6O/c1-3-27(11-4-12-31-27)25(37)35(2)19-9-13-36(14-10-19)26-33-22-7-5-17(28)15-20(22)24(34-26)32-23-8-6-18(29)16-21(23)30/h5-8,15-16,19,31H,3-4,9-14H2,1-2H3,(H,32,33,34). The molecule has 2 N–H and O–H groups in total. The second-order valence-electron chi connectivity index (χ2n) is 9.88. The number of likely N-dealkylation sites (N-methyl/N-ethyl adjacent to an activating group) is 1. The first-order valence-corrected chi connectivity index (χ1v) is 13.9. The Labute approximate surface area is 229 Å². The van der Waals surface area contributed by atoms with Crippen molar-refractivity contribution in [3.05, 3.63) is 51.7 Å². The third kappa shape index (κ3) is 5.26. The number of hydrogen-bond acceptors (Lipinski definition) is 6. The molecule has 0 bridgehead atoms. The van der Waals surface area contributed by atoms with Gasteiger partial charge in [0.05, 0.1) is 16.7 Å². The highest BCUT2D eigenvalue weighted by molar-refractivity contribution is 9.10. The molecule has 196 valence electrons. The van der Waals surface area contributed by atoms with E-state index in [9.17, 15) is 9.18 Å². The lowest BCUT2D eigenvalue weighted by molar-refractivity contribution is -0.139. The number of carbonyl (C=O) groups is 1. The first-order valence-electron chi connectivity index (χ1n) is 12.8. The van der Waals surface area contributed by atoms with Gasteiger partial charge in [-0.15, -0.1) is 0 Å². The molecule has 37 heavy (non-hydrogen) atoms. The lowest BCUT2D eigenvalue weighted by Gasteiger charge is -2.40. The van der Waals surface area contributed by atoms with Gasteiger partial charge in [0.2, 0.25) is 11.9 Å². The molecule has 2 saturated heterocycles. The van der Waals surface area contributed by atoms with Crippen molar-refractivity contribution in [2.24, 2.45) is 0 Å². The molecule has 0 spiro atoms. The number of benzene rings is 2. The molecule has 2 aromatic carbocycles. The van der Waals surface area contributed by atoms with Gasteiger partial charge in [0.1, 0.15) is 11.6 Å². The van der Waals surface area contributed by atoms with Crippen molar-refractivity contribution in [2.75, 3.05) is 36.9 Å². The van der Waals surface area contributed by atoms with E-state index in [0.717, 1.165) is 67.1 Å². The van der Waals surface area contributed by atoms with Gasteiger partial charge in [-0.3, -0.25) is 4.79 Å². The van der Waals surface area contributed by atoms with Gasteiger partial charge in [0.15, 0.2) is 0 Å². The number of rotatable bonds is 6. The molecular weight excluding hydrogens is 559 g/mol. The Hall–Kier alpha value is -2.49. The number of anilines is 3. The van der Waals surface area contributed by atoms with Gasteiger partial charge >= 0.3 is 0 Å². The Morgan fingerprint density at radius 1 is 1.27 bits per heavy atom. The molecular formula is C27H31BrClFN6O. The third-order valence-electron chi connectivity index (χ3n) is 7.70. The number of hydrogen-bond donors (Lipinski definition) is 2. The molecule has 1 amide bonds. The molecule has 0 radical (unpaired) electrons. The smallest absolute Gasteiger partial charge is 0.242 e. The molecule has 3 heterocycles. The molecule has 5 rings (SSSR count). The second kappa shape index (κ2) is 10.7. The summed E-state index contributed by atoms with van der Waals surface area (Å²) in [6, 6.07) is 10.5. The average Bonchev–Trinajstić information content (AvgIpc) is 3.40. The van der Waals surface area contributed by atoms with E-state index in [1.807, 2.05) is 30.1 Å². The molecule has 1 aromatic heterocycles. The number of nitrogens with zero attached hydrogens (tertiary/aromatic N) is 4. The summed E-state index contributed by atoms with van der Waals surface area (Å²) in [6.45, 7) is 4.44. The summed E-state index contributed by atoms with van der Waals surface area (Å²) in [5.41, 5.74) is 0.635. The van der Waals surface area contributed by atoms with Crippen LogP contribution in [-0.2, 0) is 4.79 Å². The van der Waals surface area contributed by atoms with Crippen molar-refractivity contribution in [1.82, 2.24) is 20.2 Å². The highest BCUT2D eigenvalue weighted by Gasteiger charge is 2.42. The van der Waals surface area contributed by atoms with Gasteiger partial charge in [-0.05, 0) is 75.0 Å². The van der Waals surface area contributed by atoms with Crippen LogP contribution >= 0.6 is 27.5 Å². The van der Waals surface area contributed by atoms with Gasteiger partial charge in [-0.1, -0.05) is 34.5 Å². The Balaban J connectivity index is 1.36. The van der Waals surface area contributed by atoms with Gasteiger partial charge in [0.25, 0.3) is 0 Å². The lowest BCUT2D eigenvalue weighted by atomic mass is 9.91. The van der Waals surface area contributed by atoms with Crippen LogP contribution in [0.4, 0.5) is 21.8 Å². The number of aromatic nitrogens is 2. The summed E-state index contributed by atoms with van der Waals surface area (Å²) in [7, 11) is 1.94. The van der Waals surface area contributed by atoms with E-state index < -0.39 is 11.4 Å². The van der Waals surface area contributed by atoms with Crippen LogP contribution in [-0.4, -0.2) is 59.0 Å². The van der Waals surface area contributed by atoms with E-state index in [2.05, 4.69) is 38.4 Å². The van der Waals surface area contributed by atoms with Gasteiger partial charge < -0.3 is 20.4 Å². The van der Waals surface area contributed by atoms with Gasteiger partial charge in [-0.2, -0.15) is 4.98 Å². The molecule has 0 saturated carbocycles. The van der Waals surface area contributed by atoms with Crippen LogP contribution in [0.5, 0.6) is 0 Å². The zero-order valence-corrected chi connectivity index (χ0v) is 23.4. The molecule has 2 aliphatic heterocycles. The fraction of sp³-hybridized carbons (Fsp3) is 0.444. The molecule has 0 aliphatic carbocycles. The highest BCUT2D eigenvalue weighted by Crippen LogP contribution is 2.32. The number of halogens is 3. The lowest BCUT2D eigenvalue weighted by Crippen LogP contribution is -2.57. The molecule has 2 fully saturated rings. The molecule has 1 unspecified atom stereocenters. The van der Waals surface area contributed by atoms with Gasteiger partial charge in [-0.25, -0.2) is 9.37 Å².